The first-order chi connectivity index (χ1) is 13.7. The van der Waals surface area contributed by atoms with Crippen molar-refractivity contribution in [3.63, 3.8) is 0 Å². The molecule has 1 N–H and O–H groups in total. The van der Waals surface area contributed by atoms with Gasteiger partial charge in [-0.15, -0.1) is 0 Å². The Kier molecular flexibility index (Phi) is 6.33. The number of rotatable bonds is 6. The summed E-state index contributed by atoms with van der Waals surface area (Å²) in [5.41, 5.74) is 1.41. The zero-order valence-corrected chi connectivity index (χ0v) is 15.7. The van der Waals surface area contributed by atoms with Gasteiger partial charge in [-0.2, -0.15) is 13.2 Å². The summed E-state index contributed by atoms with van der Waals surface area (Å²) in [6, 6.07) is 16.5. The van der Waals surface area contributed by atoms with Crippen LogP contribution in [0.1, 0.15) is 35.2 Å². The van der Waals surface area contributed by atoms with Gasteiger partial charge in [-0.3, -0.25) is 0 Å². The normalized spacial score (nSPS) is 12.9. The summed E-state index contributed by atoms with van der Waals surface area (Å²) >= 11 is 0. The highest BCUT2D eigenvalue weighted by atomic mass is 19.4. The number of hydrogen-bond donors (Lipinski definition) is 1. The van der Waals surface area contributed by atoms with Crippen molar-refractivity contribution in [1.82, 2.24) is 5.32 Å². The maximum atomic E-state index is 13.3. The molecule has 0 unspecified atom stereocenters. The van der Waals surface area contributed by atoms with Gasteiger partial charge in [0.15, 0.2) is 0 Å². The second kappa shape index (κ2) is 8.74. The van der Waals surface area contributed by atoms with Crippen LogP contribution in [-0.4, -0.2) is 6.04 Å². The van der Waals surface area contributed by atoms with E-state index in [9.17, 15) is 22.0 Å². The van der Waals surface area contributed by atoms with Crippen LogP contribution in [0.4, 0.5) is 22.0 Å². The number of benzene rings is 3. The topological polar surface area (TPSA) is 12.0 Å². The van der Waals surface area contributed by atoms with Crippen LogP contribution in [0.3, 0.4) is 0 Å². The van der Waals surface area contributed by atoms with Crippen LogP contribution in [0.5, 0.6) is 0 Å². The van der Waals surface area contributed by atoms with Crippen LogP contribution in [0, 0.1) is 11.6 Å². The first-order valence-electron chi connectivity index (χ1n) is 9.15. The Labute approximate surface area is 166 Å². The van der Waals surface area contributed by atoms with Crippen LogP contribution in [0.2, 0.25) is 0 Å². The van der Waals surface area contributed by atoms with Crippen molar-refractivity contribution in [1.29, 1.82) is 0 Å². The van der Waals surface area contributed by atoms with Gasteiger partial charge in [0.2, 0.25) is 0 Å². The lowest BCUT2D eigenvalue weighted by atomic mass is 9.96. The lowest BCUT2D eigenvalue weighted by Crippen LogP contribution is -2.33. The summed E-state index contributed by atoms with van der Waals surface area (Å²) in [5.74, 6) is -0.743. The quantitative estimate of drug-likeness (QED) is 0.475. The molecule has 0 bridgehead atoms. The molecule has 0 saturated carbocycles. The van der Waals surface area contributed by atoms with E-state index in [1.807, 2.05) is 6.92 Å². The Morgan fingerprint density at radius 2 is 1.31 bits per heavy atom. The third-order valence-corrected chi connectivity index (χ3v) is 4.65. The first kappa shape index (κ1) is 21.0. The molecule has 0 aromatic heterocycles. The molecular weight excluding hydrogens is 385 g/mol. The number of alkyl halides is 3. The average molecular weight is 405 g/mol. The molecule has 0 radical (unpaired) electrons. The summed E-state index contributed by atoms with van der Waals surface area (Å²) in [5, 5.41) is 3.37. The van der Waals surface area contributed by atoms with Gasteiger partial charge < -0.3 is 5.32 Å². The molecule has 0 aliphatic carbocycles. The number of nitrogens with one attached hydrogen (secondary N) is 1. The van der Waals surface area contributed by atoms with Gasteiger partial charge in [-0.1, -0.05) is 42.5 Å². The molecule has 3 rings (SSSR count). The highest BCUT2D eigenvalue weighted by molar-refractivity contribution is 5.33. The van der Waals surface area contributed by atoms with E-state index in [-0.39, 0.29) is 23.7 Å². The fraction of sp³-hybridized carbons (Fsp3) is 0.217. The van der Waals surface area contributed by atoms with Gasteiger partial charge in [-0.25, -0.2) is 8.78 Å². The lowest BCUT2D eigenvalue weighted by Gasteiger charge is -2.25. The van der Waals surface area contributed by atoms with Crippen molar-refractivity contribution in [2.24, 2.45) is 0 Å². The number of halogens is 5. The minimum absolute atomic E-state index is 0.196. The van der Waals surface area contributed by atoms with E-state index in [4.69, 9.17) is 0 Å². The molecule has 1 nitrogen and oxygen atoms in total. The van der Waals surface area contributed by atoms with Crippen molar-refractivity contribution < 1.29 is 22.0 Å². The van der Waals surface area contributed by atoms with Crippen LogP contribution in [0.25, 0.3) is 0 Å². The summed E-state index contributed by atoms with van der Waals surface area (Å²) in [6.07, 6.45) is -4.03. The molecule has 0 aliphatic heterocycles. The van der Waals surface area contributed by atoms with E-state index in [2.05, 4.69) is 5.32 Å². The Bertz CT molecular complexity index is 887. The van der Waals surface area contributed by atoms with Crippen molar-refractivity contribution >= 4 is 0 Å². The fourth-order valence-corrected chi connectivity index (χ4v) is 3.27. The SMILES string of the molecule is C[C@@H](Cc1cccc(C(F)(F)F)c1)NC(c1ccc(F)cc1)c1ccc(F)cc1. The van der Waals surface area contributed by atoms with Crippen LogP contribution < -0.4 is 5.32 Å². The van der Waals surface area contributed by atoms with E-state index in [0.717, 1.165) is 23.3 Å². The predicted molar refractivity (Wildman–Crippen MR) is 102 cm³/mol. The smallest absolute Gasteiger partial charge is 0.303 e. The maximum Gasteiger partial charge on any atom is 0.416 e. The van der Waals surface area contributed by atoms with Gasteiger partial charge in [-0.05, 0) is 60.4 Å². The molecule has 0 aliphatic rings. The fourth-order valence-electron chi connectivity index (χ4n) is 3.27. The standard InChI is InChI=1S/C23H20F5N/c1-15(13-16-3-2-4-19(14-16)23(26,27)28)29-22(17-5-9-20(24)10-6-17)18-7-11-21(25)12-8-18/h2-12,14-15,22,29H,13H2,1H3/t15-/m0/s1. The third-order valence-electron chi connectivity index (χ3n) is 4.65. The Balaban J connectivity index is 1.82. The van der Waals surface area contributed by atoms with Crippen LogP contribution in [0.15, 0.2) is 72.8 Å². The highest BCUT2D eigenvalue weighted by Crippen LogP contribution is 2.30. The average Bonchev–Trinajstić information content (AvgIpc) is 2.67. The molecule has 152 valence electrons. The van der Waals surface area contributed by atoms with E-state index >= 15 is 0 Å². The molecule has 29 heavy (non-hydrogen) atoms. The van der Waals surface area contributed by atoms with E-state index < -0.39 is 11.7 Å². The minimum atomic E-state index is -4.39. The van der Waals surface area contributed by atoms with Gasteiger partial charge in [0, 0.05) is 6.04 Å². The van der Waals surface area contributed by atoms with Crippen molar-refractivity contribution in [3.8, 4) is 0 Å². The molecule has 0 spiro atoms. The molecule has 6 heteroatoms. The zero-order chi connectivity index (χ0) is 21.0. The van der Waals surface area contributed by atoms with Gasteiger partial charge in [0.1, 0.15) is 11.6 Å². The molecule has 0 saturated heterocycles. The Morgan fingerprint density at radius 1 is 0.793 bits per heavy atom. The lowest BCUT2D eigenvalue weighted by molar-refractivity contribution is -0.137. The minimum Gasteiger partial charge on any atom is -0.303 e. The summed E-state index contributed by atoms with van der Waals surface area (Å²) in [7, 11) is 0. The summed E-state index contributed by atoms with van der Waals surface area (Å²) < 4.78 is 65.5. The largest absolute Gasteiger partial charge is 0.416 e. The van der Waals surface area contributed by atoms with Gasteiger partial charge in [0.25, 0.3) is 0 Å². The highest BCUT2D eigenvalue weighted by Gasteiger charge is 2.30. The van der Waals surface area contributed by atoms with E-state index in [1.165, 1.54) is 30.3 Å². The van der Waals surface area contributed by atoms with Crippen molar-refractivity contribution in [2.45, 2.75) is 31.6 Å². The second-order valence-electron chi connectivity index (χ2n) is 7.01. The molecule has 0 heterocycles. The zero-order valence-electron chi connectivity index (χ0n) is 15.7. The Hall–Kier alpha value is -2.73. The molecule has 0 amide bonds. The van der Waals surface area contributed by atoms with E-state index in [1.54, 1.807) is 30.3 Å². The third kappa shape index (κ3) is 5.64. The number of hydrogen-bond acceptors (Lipinski definition) is 1. The summed E-state index contributed by atoms with van der Waals surface area (Å²) in [4.78, 5) is 0. The predicted octanol–water partition coefficient (Wildman–Crippen LogP) is 6.29. The monoisotopic (exact) mass is 405 g/mol. The molecule has 1 atom stereocenters. The van der Waals surface area contributed by atoms with Crippen LogP contribution >= 0.6 is 0 Å². The maximum absolute atomic E-state index is 13.3. The summed E-state index contributed by atoms with van der Waals surface area (Å²) in [6.45, 7) is 1.86. The van der Waals surface area contributed by atoms with Gasteiger partial charge >= 0.3 is 6.18 Å². The molecule has 3 aromatic carbocycles. The first-order valence-corrected chi connectivity index (χ1v) is 9.15. The van der Waals surface area contributed by atoms with Crippen molar-refractivity contribution in [3.05, 3.63) is 107 Å². The Morgan fingerprint density at radius 3 is 1.79 bits per heavy atom. The van der Waals surface area contributed by atoms with Crippen LogP contribution in [-0.2, 0) is 12.6 Å². The van der Waals surface area contributed by atoms with Gasteiger partial charge in [0.05, 0.1) is 11.6 Å². The molecular formula is C23H20F5N. The molecule has 3 aromatic rings. The molecule has 0 fully saturated rings. The van der Waals surface area contributed by atoms with E-state index in [0.29, 0.717) is 12.0 Å². The van der Waals surface area contributed by atoms with Crippen molar-refractivity contribution in [2.75, 3.05) is 0 Å². The second-order valence-corrected chi connectivity index (χ2v) is 7.01.